The van der Waals surface area contributed by atoms with Crippen LogP contribution in [0.5, 0.6) is 0 Å². The topological polar surface area (TPSA) is 72.7 Å². The standard InChI is InChI=1S/C17H10F3N5OS2/c1-8-9(7-25(24-8)17-21-4-5-27-17)12-6-22-16(28-12)23-15(26)13-10(18)2-3-11(19)14(13)20/h2-7H,1H3,(H,22,23,26). The summed E-state index contributed by atoms with van der Waals surface area (Å²) in [5.41, 5.74) is 0.500. The van der Waals surface area contributed by atoms with Crippen LogP contribution in [0.15, 0.2) is 36.1 Å². The highest BCUT2D eigenvalue weighted by Gasteiger charge is 2.22. The van der Waals surface area contributed by atoms with Crippen LogP contribution >= 0.6 is 22.7 Å². The summed E-state index contributed by atoms with van der Waals surface area (Å²) in [5.74, 6) is -5.13. The van der Waals surface area contributed by atoms with Crippen LogP contribution in [-0.4, -0.2) is 25.7 Å². The fourth-order valence-electron chi connectivity index (χ4n) is 2.48. The molecule has 1 N–H and O–H groups in total. The van der Waals surface area contributed by atoms with Gasteiger partial charge in [0.05, 0.1) is 10.6 Å². The number of halogens is 3. The van der Waals surface area contributed by atoms with Crippen LogP contribution in [0.4, 0.5) is 18.3 Å². The van der Waals surface area contributed by atoms with E-state index in [4.69, 9.17) is 0 Å². The average Bonchev–Trinajstić information content (AvgIpc) is 3.39. The van der Waals surface area contributed by atoms with Crippen molar-refractivity contribution in [3.63, 3.8) is 0 Å². The highest BCUT2D eigenvalue weighted by atomic mass is 32.1. The number of carbonyl (C=O) groups is 1. The van der Waals surface area contributed by atoms with Crippen LogP contribution in [0, 0.1) is 24.4 Å². The van der Waals surface area contributed by atoms with Crippen molar-refractivity contribution in [2.45, 2.75) is 6.92 Å². The third-order valence-corrected chi connectivity index (χ3v) is 5.48. The van der Waals surface area contributed by atoms with Gasteiger partial charge in [0, 0.05) is 29.5 Å². The number of aromatic nitrogens is 4. The highest BCUT2D eigenvalue weighted by Crippen LogP contribution is 2.32. The number of rotatable bonds is 4. The fourth-order valence-corrected chi connectivity index (χ4v) is 3.92. The van der Waals surface area contributed by atoms with Crippen LogP contribution < -0.4 is 5.32 Å². The Hall–Kier alpha value is -3.05. The molecule has 0 aliphatic rings. The molecule has 0 fully saturated rings. The zero-order valence-corrected chi connectivity index (χ0v) is 15.7. The Kier molecular flexibility index (Phi) is 4.69. The van der Waals surface area contributed by atoms with Crippen molar-refractivity contribution in [1.29, 1.82) is 0 Å². The molecule has 3 aromatic heterocycles. The van der Waals surface area contributed by atoms with Crippen LogP contribution in [0.25, 0.3) is 15.6 Å². The first kappa shape index (κ1) is 18.3. The summed E-state index contributed by atoms with van der Waals surface area (Å²) in [6, 6.07) is 1.31. The van der Waals surface area contributed by atoms with Crippen molar-refractivity contribution < 1.29 is 18.0 Å². The molecule has 0 atom stereocenters. The van der Waals surface area contributed by atoms with Crippen LogP contribution in [0.3, 0.4) is 0 Å². The van der Waals surface area contributed by atoms with Gasteiger partial charge in [-0.15, -0.1) is 11.3 Å². The summed E-state index contributed by atoms with van der Waals surface area (Å²) in [7, 11) is 0. The molecule has 1 aromatic carbocycles. The number of hydrogen-bond donors (Lipinski definition) is 1. The molecule has 0 saturated carbocycles. The van der Waals surface area contributed by atoms with Crippen LogP contribution in [0.1, 0.15) is 16.1 Å². The first-order chi connectivity index (χ1) is 13.4. The molecular weight excluding hydrogens is 411 g/mol. The third-order valence-electron chi connectivity index (χ3n) is 3.78. The van der Waals surface area contributed by atoms with Gasteiger partial charge in [-0.3, -0.25) is 10.1 Å². The predicted molar refractivity (Wildman–Crippen MR) is 99.4 cm³/mol. The first-order valence-electron chi connectivity index (χ1n) is 7.81. The van der Waals surface area contributed by atoms with Crippen LogP contribution in [0.2, 0.25) is 0 Å². The lowest BCUT2D eigenvalue weighted by atomic mass is 10.2. The van der Waals surface area contributed by atoms with Gasteiger partial charge in [0.15, 0.2) is 16.8 Å². The minimum absolute atomic E-state index is 0.115. The van der Waals surface area contributed by atoms with E-state index < -0.39 is 28.9 Å². The van der Waals surface area contributed by atoms with E-state index in [1.807, 2.05) is 12.3 Å². The molecule has 28 heavy (non-hydrogen) atoms. The summed E-state index contributed by atoms with van der Waals surface area (Å²) in [6.45, 7) is 1.81. The Bertz CT molecular complexity index is 1170. The van der Waals surface area contributed by atoms with E-state index in [0.29, 0.717) is 22.1 Å². The SMILES string of the molecule is Cc1nn(-c2nccs2)cc1-c1cnc(NC(=O)c2c(F)ccc(F)c2F)s1. The molecule has 142 valence electrons. The molecule has 3 heterocycles. The van der Waals surface area contributed by atoms with Gasteiger partial charge in [0.1, 0.15) is 11.4 Å². The second kappa shape index (κ2) is 7.17. The number of nitrogens with one attached hydrogen (secondary N) is 1. The zero-order chi connectivity index (χ0) is 19.8. The van der Waals surface area contributed by atoms with Crippen LogP contribution in [-0.2, 0) is 0 Å². The van der Waals surface area contributed by atoms with Gasteiger partial charge in [-0.1, -0.05) is 11.3 Å². The Balaban J connectivity index is 1.59. The van der Waals surface area contributed by atoms with Crippen molar-refractivity contribution in [3.8, 4) is 15.6 Å². The summed E-state index contributed by atoms with van der Waals surface area (Å²) in [6.07, 6.45) is 4.95. The molecule has 0 aliphatic heterocycles. The van der Waals surface area contributed by atoms with E-state index >= 15 is 0 Å². The largest absolute Gasteiger partial charge is 0.298 e. The molecule has 0 saturated heterocycles. The summed E-state index contributed by atoms with van der Waals surface area (Å²) in [4.78, 5) is 21.1. The maximum Gasteiger partial charge on any atom is 0.263 e. The van der Waals surface area contributed by atoms with E-state index in [2.05, 4.69) is 20.4 Å². The van der Waals surface area contributed by atoms with Crippen molar-refractivity contribution in [1.82, 2.24) is 19.7 Å². The third kappa shape index (κ3) is 3.29. The molecular formula is C17H10F3N5OS2. The second-order valence-corrected chi connectivity index (χ2v) is 7.49. The Morgan fingerprint density at radius 1 is 1.18 bits per heavy atom. The zero-order valence-electron chi connectivity index (χ0n) is 14.1. The average molecular weight is 421 g/mol. The molecule has 11 heteroatoms. The molecule has 4 aromatic rings. The maximum atomic E-state index is 13.8. The molecule has 0 unspecified atom stereocenters. The number of hydrogen-bond acceptors (Lipinski definition) is 6. The second-order valence-electron chi connectivity index (χ2n) is 5.59. The molecule has 0 bridgehead atoms. The van der Waals surface area contributed by atoms with E-state index in [1.54, 1.807) is 17.1 Å². The first-order valence-corrected chi connectivity index (χ1v) is 9.51. The van der Waals surface area contributed by atoms with Gasteiger partial charge < -0.3 is 0 Å². The van der Waals surface area contributed by atoms with Crippen molar-refractivity contribution in [2.75, 3.05) is 5.32 Å². The predicted octanol–water partition coefficient (Wildman–Crippen LogP) is 4.43. The summed E-state index contributed by atoms with van der Waals surface area (Å²) < 4.78 is 42.4. The van der Waals surface area contributed by atoms with Crippen molar-refractivity contribution in [3.05, 3.63) is 64.8 Å². The number of carbonyl (C=O) groups excluding carboxylic acids is 1. The molecule has 1 amide bonds. The maximum absolute atomic E-state index is 13.8. The number of anilines is 1. The monoisotopic (exact) mass is 421 g/mol. The van der Waals surface area contributed by atoms with E-state index in [0.717, 1.165) is 22.6 Å². The molecule has 0 spiro atoms. The molecule has 4 rings (SSSR count). The fraction of sp³-hybridized carbons (Fsp3) is 0.0588. The lowest BCUT2D eigenvalue weighted by Crippen LogP contribution is -2.16. The number of nitrogens with zero attached hydrogens (tertiary/aromatic N) is 4. The number of amides is 1. The van der Waals surface area contributed by atoms with Gasteiger partial charge in [0.25, 0.3) is 5.91 Å². The minimum atomic E-state index is -1.55. The van der Waals surface area contributed by atoms with E-state index in [-0.39, 0.29) is 5.13 Å². The smallest absolute Gasteiger partial charge is 0.263 e. The van der Waals surface area contributed by atoms with Gasteiger partial charge >= 0.3 is 0 Å². The highest BCUT2D eigenvalue weighted by molar-refractivity contribution is 7.19. The molecule has 6 nitrogen and oxygen atoms in total. The summed E-state index contributed by atoms with van der Waals surface area (Å²) >= 11 is 2.52. The Morgan fingerprint density at radius 3 is 2.71 bits per heavy atom. The number of thiazole rings is 2. The molecule has 0 radical (unpaired) electrons. The van der Waals surface area contributed by atoms with Crippen molar-refractivity contribution >= 4 is 33.7 Å². The van der Waals surface area contributed by atoms with Crippen molar-refractivity contribution in [2.24, 2.45) is 0 Å². The summed E-state index contributed by atoms with van der Waals surface area (Å²) in [5, 5.41) is 9.34. The van der Waals surface area contributed by atoms with Gasteiger partial charge in [-0.25, -0.2) is 27.8 Å². The lowest BCUT2D eigenvalue weighted by Gasteiger charge is -2.05. The Morgan fingerprint density at radius 2 is 1.96 bits per heavy atom. The number of benzene rings is 1. The quantitative estimate of drug-likeness (QED) is 0.495. The normalized spacial score (nSPS) is 11.0. The minimum Gasteiger partial charge on any atom is -0.298 e. The lowest BCUT2D eigenvalue weighted by molar-refractivity contribution is 0.101. The van der Waals surface area contributed by atoms with Gasteiger partial charge in [0.2, 0.25) is 5.13 Å². The molecule has 0 aliphatic carbocycles. The van der Waals surface area contributed by atoms with Gasteiger partial charge in [-0.05, 0) is 19.1 Å². The van der Waals surface area contributed by atoms with Gasteiger partial charge in [-0.2, -0.15) is 5.10 Å². The van der Waals surface area contributed by atoms with E-state index in [9.17, 15) is 18.0 Å². The number of aryl methyl sites for hydroxylation is 1. The van der Waals surface area contributed by atoms with E-state index in [1.165, 1.54) is 17.5 Å². The Labute approximate surface area is 164 Å².